The number of carbonyl (C=O) groups is 1. The van der Waals surface area contributed by atoms with E-state index in [1.165, 1.54) is 18.2 Å². The van der Waals surface area contributed by atoms with Crippen molar-refractivity contribution in [2.24, 2.45) is 0 Å². The van der Waals surface area contributed by atoms with Crippen LogP contribution >= 0.6 is 0 Å². The maximum absolute atomic E-state index is 13.2. The van der Waals surface area contributed by atoms with Crippen LogP contribution in [0.4, 0.5) is 22.0 Å². The minimum Gasteiger partial charge on any atom is -0.368 e. The predicted octanol–water partition coefficient (Wildman–Crippen LogP) is 1.29. The average molecular weight is 347 g/mol. The molecule has 0 saturated carbocycles. The lowest BCUT2D eigenvalue weighted by Gasteiger charge is -2.23. The minimum atomic E-state index is -0.406. The third-order valence-electron chi connectivity index (χ3n) is 3.59. The van der Waals surface area contributed by atoms with Crippen LogP contribution in [-0.2, 0) is 4.79 Å². The van der Waals surface area contributed by atoms with Crippen molar-refractivity contribution in [3.05, 3.63) is 35.9 Å². The van der Waals surface area contributed by atoms with Gasteiger partial charge in [-0.3, -0.25) is 9.69 Å². The van der Waals surface area contributed by atoms with Crippen molar-refractivity contribution < 1.29 is 9.18 Å². The van der Waals surface area contributed by atoms with Gasteiger partial charge in [0.05, 0.1) is 12.6 Å². The Morgan fingerprint density at radius 1 is 1.28 bits per heavy atom. The number of carbonyl (C=O) groups excluding carboxylic acids is 1. The summed E-state index contributed by atoms with van der Waals surface area (Å²) in [7, 11) is 5.38. The van der Waals surface area contributed by atoms with Gasteiger partial charge in [-0.25, -0.2) is 4.39 Å². The summed E-state index contributed by atoms with van der Waals surface area (Å²) in [4.78, 5) is 28.2. The van der Waals surface area contributed by atoms with Gasteiger partial charge < -0.3 is 16.0 Å². The summed E-state index contributed by atoms with van der Waals surface area (Å²) in [5.41, 5.74) is 6.14. The standard InChI is InChI=1S/C16H22FN7O/c1-10(14-20-15(18)22-16(21-14)23(2)3)24(4)9-13(25)19-12-7-5-6-11(17)8-12/h5-8,10H,9H2,1-4H3,(H,19,25)(H2,18,20,21,22). The van der Waals surface area contributed by atoms with Crippen LogP contribution in [0.15, 0.2) is 24.3 Å². The van der Waals surface area contributed by atoms with Gasteiger partial charge in [0, 0.05) is 19.8 Å². The van der Waals surface area contributed by atoms with Crippen molar-refractivity contribution in [3.8, 4) is 0 Å². The van der Waals surface area contributed by atoms with Crippen molar-refractivity contribution in [1.82, 2.24) is 19.9 Å². The number of benzene rings is 1. The van der Waals surface area contributed by atoms with Crippen molar-refractivity contribution in [3.63, 3.8) is 0 Å². The van der Waals surface area contributed by atoms with Gasteiger partial charge in [0.15, 0.2) is 5.82 Å². The van der Waals surface area contributed by atoms with E-state index in [2.05, 4.69) is 20.3 Å². The van der Waals surface area contributed by atoms with E-state index in [9.17, 15) is 9.18 Å². The molecule has 1 unspecified atom stereocenters. The average Bonchev–Trinajstić information content (AvgIpc) is 2.53. The fraction of sp³-hybridized carbons (Fsp3) is 0.375. The number of likely N-dealkylation sites (N-methyl/N-ethyl adjacent to an activating group) is 1. The van der Waals surface area contributed by atoms with E-state index < -0.39 is 5.82 Å². The summed E-state index contributed by atoms with van der Waals surface area (Å²) < 4.78 is 13.2. The van der Waals surface area contributed by atoms with Crippen LogP contribution in [0.25, 0.3) is 0 Å². The van der Waals surface area contributed by atoms with E-state index >= 15 is 0 Å². The molecule has 0 radical (unpaired) electrons. The molecular weight excluding hydrogens is 325 g/mol. The number of nitrogens with zero attached hydrogens (tertiary/aromatic N) is 5. The molecule has 1 aromatic carbocycles. The lowest BCUT2D eigenvalue weighted by molar-refractivity contribution is -0.117. The Balaban J connectivity index is 2.04. The van der Waals surface area contributed by atoms with Gasteiger partial charge in [-0.1, -0.05) is 6.07 Å². The first-order chi connectivity index (χ1) is 11.8. The van der Waals surface area contributed by atoms with Crippen molar-refractivity contribution in [2.45, 2.75) is 13.0 Å². The molecule has 0 spiro atoms. The topological polar surface area (TPSA) is 100 Å². The van der Waals surface area contributed by atoms with Crippen molar-refractivity contribution >= 4 is 23.5 Å². The highest BCUT2D eigenvalue weighted by Crippen LogP contribution is 2.17. The zero-order valence-corrected chi connectivity index (χ0v) is 14.7. The van der Waals surface area contributed by atoms with Gasteiger partial charge >= 0.3 is 0 Å². The number of hydrogen-bond acceptors (Lipinski definition) is 7. The number of amides is 1. The highest BCUT2D eigenvalue weighted by Gasteiger charge is 2.19. The van der Waals surface area contributed by atoms with Gasteiger partial charge in [0.1, 0.15) is 5.82 Å². The van der Waals surface area contributed by atoms with Gasteiger partial charge in [-0.2, -0.15) is 15.0 Å². The Hall–Kier alpha value is -2.81. The van der Waals surface area contributed by atoms with E-state index in [1.54, 1.807) is 37.0 Å². The molecule has 2 aromatic rings. The molecule has 8 nitrogen and oxygen atoms in total. The molecule has 0 aliphatic rings. The second-order valence-corrected chi connectivity index (χ2v) is 5.90. The Morgan fingerprint density at radius 3 is 2.64 bits per heavy atom. The highest BCUT2D eigenvalue weighted by molar-refractivity contribution is 5.92. The molecule has 1 amide bonds. The largest absolute Gasteiger partial charge is 0.368 e. The summed E-state index contributed by atoms with van der Waals surface area (Å²) in [6.07, 6.45) is 0. The first-order valence-corrected chi connectivity index (χ1v) is 7.70. The van der Waals surface area contributed by atoms with Crippen LogP contribution in [0.1, 0.15) is 18.8 Å². The van der Waals surface area contributed by atoms with Crippen molar-refractivity contribution in [1.29, 1.82) is 0 Å². The van der Waals surface area contributed by atoms with Crippen LogP contribution in [0.3, 0.4) is 0 Å². The van der Waals surface area contributed by atoms with E-state index in [1.807, 2.05) is 6.92 Å². The normalized spacial score (nSPS) is 12.1. The molecule has 1 atom stereocenters. The molecule has 0 saturated heterocycles. The Labute approximate surface area is 145 Å². The molecule has 134 valence electrons. The van der Waals surface area contributed by atoms with E-state index in [4.69, 9.17) is 5.73 Å². The van der Waals surface area contributed by atoms with Gasteiger partial charge in [0.25, 0.3) is 0 Å². The van der Waals surface area contributed by atoms with Crippen LogP contribution < -0.4 is 16.0 Å². The SMILES string of the molecule is CC(c1nc(N)nc(N(C)C)n1)N(C)CC(=O)Nc1cccc(F)c1. The van der Waals surface area contributed by atoms with Crippen LogP contribution in [0.2, 0.25) is 0 Å². The molecule has 2 rings (SSSR count). The fourth-order valence-corrected chi connectivity index (χ4v) is 2.11. The predicted molar refractivity (Wildman–Crippen MR) is 94.6 cm³/mol. The number of rotatable bonds is 6. The van der Waals surface area contributed by atoms with E-state index in [0.717, 1.165) is 0 Å². The summed E-state index contributed by atoms with van der Waals surface area (Å²) >= 11 is 0. The molecule has 0 aliphatic carbocycles. The molecule has 9 heteroatoms. The fourth-order valence-electron chi connectivity index (χ4n) is 2.11. The molecule has 3 N–H and O–H groups in total. The Bertz CT molecular complexity index is 753. The maximum Gasteiger partial charge on any atom is 0.238 e. The second kappa shape index (κ2) is 7.84. The molecule has 0 bridgehead atoms. The number of halogens is 1. The van der Waals surface area contributed by atoms with Gasteiger partial charge in [-0.05, 0) is 32.2 Å². The summed E-state index contributed by atoms with van der Waals surface area (Å²) in [6, 6.07) is 5.48. The third kappa shape index (κ3) is 5.08. The summed E-state index contributed by atoms with van der Waals surface area (Å²) in [6.45, 7) is 1.95. The molecule has 0 aliphatic heterocycles. The zero-order chi connectivity index (χ0) is 18.6. The van der Waals surface area contributed by atoms with Crippen LogP contribution in [0, 0.1) is 5.82 Å². The number of anilines is 3. The number of nitrogens with one attached hydrogen (secondary N) is 1. The third-order valence-corrected chi connectivity index (χ3v) is 3.59. The molecule has 1 heterocycles. The monoisotopic (exact) mass is 347 g/mol. The Kier molecular flexibility index (Phi) is 5.81. The van der Waals surface area contributed by atoms with Crippen LogP contribution in [-0.4, -0.2) is 53.4 Å². The highest BCUT2D eigenvalue weighted by atomic mass is 19.1. The van der Waals surface area contributed by atoms with E-state index in [-0.39, 0.29) is 24.4 Å². The summed E-state index contributed by atoms with van der Waals surface area (Å²) in [5, 5.41) is 2.65. The first kappa shape index (κ1) is 18.5. The molecular formula is C16H22FN7O. The number of hydrogen-bond donors (Lipinski definition) is 2. The minimum absolute atomic E-state index is 0.0839. The maximum atomic E-state index is 13.2. The molecule has 25 heavy (non-hydrogen) atoms. The lowest BCUT2D eigenvalue weighted by atomic mass is 10.2. The molecule has 1 aromatic heterocycles. The number of aromatic nitrogens is 3. The van der Waals surface area contributed by atoms with Gasteiger partial charge in [-0.15, -0.1) is 0 Å². The lowest BCUT2D eigenvalue weighted by Crippen LogP contribution is -2.33. The number of nitrogen functional groups attached to an aromatic ring is 1. The number of nitrogens with two attached hydrogens (primary N) is 1. The van der Waals surface area contributed by atoms with E-state index in [0.29, 0.717) is 17.5 Å². The smallest absolute Gasteiger partial charge is 0.238 e. The molecule has 0 fully saturated rings. The van der Waals surface area contributed by atoms with Gasteiger partial charge in [0.2, 0.25) is 17.8 Å². The first-order valence-electron chi connectivity index (χ1n) is 7.70. The van der Waals surface area contributed by atoms with Crippen molar-refractivity contribution in [2.75, 3.05) is 43.6 Å². The summed E-state index contributed by atoms with van der Waals surface area (Å²) in [5.74, 6) is 0.369. The quantitative estimate of drug-likeness (QED) is 0.812. The second-order valence-electron chi connectivity index (χ2n) is 5.90. The Morgan fingerprint density at radius 2 is 2.00 bits per heavy atom. The zero-order valence-electron chi connectivity index (χ0n) is 14.7. The van der Waals surface area contributed by atoms with Crippen LogP contribution in [0.5, 0.6) is 0 Å².